The van der Waals surface area contributed by atoms with E-state index in [2.05, 4.69) is 0 Å². The molecule has 0 aromatic carbocycles. The molecule has 0 unspecified atom stereocenters. The van der Waals surface area contributed by atoms with Gasteiger partial charge in [-0.1, -0.05) is 0 Å². The molecule has 104 valence electrons. The van der Waals surface area contributed by atoms with Crippen LogP contribution in [0.5, 0.6) is 0 Å². The molecule has 1 aromatic heterocycles. The van der Waals surface area contributed by atoms with E-state index < -0.39 is 5.97 Å². The topological polar surface area (TPSA) is 91.0 Å². The van der Waals surface area contributed by atoms with Crippen molar-refractivity contribution >= 4 is 11.9 Å². The number of piperidine rings is 1. The number of aliphatic hydroxyl groups is 1. The molecule has 1 saturated heterocycles. The molecule has 0 radical (unpaired) electrons. The minimum absolute atomic E-state index is 0.151. The fraction of sp³-hybridized carbons (Fsp3) is 0.538. The van der Waals surface area contributed by atoms with Crippen LogP contribution in [0.25, 0.3) is 0 Å². The van der Waals surface area contributed by atoms with Crippen molar-refractivity contribution in [2.75, 3.05) is 19.7 Å². The van der Waals surface area contributed by atoms with Gasteiger partial charge in [-0.3, -0.25) is 9.59 Å². The predicted molar refractivity (Wildman–Crippen MR) is 65.8 cm³/mol. The monoisotopic (exact) mass is 267 g/mol. The molecule has 0 aliphatic carbocycles. The van der Waals surface area contributed by atoms with Crippen LogP contribution in [0.3, 0.4) is 0 Å². The number of hydrogen-bond donors (Lipinski definition) is 2. The molecule has 2 rings (SSSR count). The van der Waals surface area contributed by atoms with Gasteiger partial charge in [-0.05, 0) is 24.8 Å². The molecule has 1 aliphatic heterocycles. The number of aliphatic hydroxyl groups excluding tert-OH is 1. The fourth-order valence-electron chi connectivity index (χ4n) is 2.29. The van der Waals surface area contributed by atoms with Crippen LogP contribution in [0.4, 0.5) is 0 Å². The smallest absolute Gasteiger partial charge is 0.311 e. The van der Waals surface area contributed by atoms with Crippen LogP contribution < -0.4 is 0 Å². The highest BCUT2D eigenvalue weighted by atomic mass is 16.4. The zero-order chi connectivity index (χ0) is 13.8. The maximum absolute atomic E-state index is 12.3. The van der Waals surface area contributed by atoms with E-state index in [0.29, 0.717) is 18.7 Å². The quantitative estimate of drug-likeness (QED) is 0.840. The van der Waals surface area contributed by atoms with Crippen molar-refractivity contribution in [3.05, 3.63) is 23.7 Å². The van der Waals surface area contributed by atoms with Crippen LogP contribution in [0.15, 0.2) is 16.7 Å². The van der Waals surface area contributed by atoms with E-state index >= 15 is 0 Å². The second-order valence-corrected chi connectivity index (χ2v) is 4.75. The van der Waals surface area contributed by atoms with Gasteiger partial charge < -0.3 is 19.5 Å². The number of furan rings is 1. The maximum atomic E-state index is 12.3. The number of carboxylic acids is 1. The highest BCUT2D eigenvalue weighted by Gasteiger charge is 2.26. The van der Waals surface area contributed by atoms with E-state index in [1.54, 1.807) is 4.90 Å². The Kier molecular flexibility index (Phi) is 4.21. The van der Waals surface area contributed by atoms with Gasteiger partial charge in [-0.25, -0.2) is 0 Å². The molecule has 6 nitrogen and oxygen atoms in total. The summed E-state index contributed by atoms with van der Waals surface area (Å²) >= 11 is 0. The second kappa shape index (κ2) is 5.88. The first-order valence-electron chi connectivity index (χ1n) is 6.30. The van der Waals surface area contributed by atoms with Gasteiger partial charge in [0.25, 0.3) is 5.91 Å². The average Bonchev–Trinajstić information content (AvgIpc) is 2.85. The van der Waals surface area contributed by atoms with E-state index in [9.17, 15) is 9.59 Å². The number of carbonyl (C=O) groups excluding carboxylic acids is 1. The van der Waals surface area contributed by atoms with Gasteiger partial charge in [0.2, 0.25) is 0 Å². The van der Waals surface area contributed by atoms with Crippen LogP contribution in [0.1, 0.15) is 29.0 Å². The van der Waals surface area contributed by atoms with Gasteiger partial charge >= 0.3 is 5.97 Å². The molecule has 0 bridgehead atoms. The largest absolute Gasteiger partial charge is 0.481 e. The van der Waals surface area contributed by atoms with Crippen molar-refractivity contribution in [2.24, 2.45) is 5.92 Å². The number of aliphatic carboxylic acids is 1. The molecular weight excluding hydrogens is 250 g/mol. The summed E-state index contributed by atoms with van der Waals surface area (Å²) in [6, 6.07) is 1.51. The van der Waals surface area contributed by atoms with Crippen LogP contribution in [-0.4, -0.2) is 46.7 Å². The summed E-state index contributed by atoms with van der Waals surface area (Å²) < 4.78 is 5.06. The minimum Gasteiger partial charge on any atom is -0.481 e. The summed E-state index contributed by atoms with van der Waals surface area (Å²) in [5.74, 6) is -0.766. The SMILES string of the molecule is O=C(O)Cc1occc1C(=O)N1CCC(CO)CC1. The first-order chi connectivity index (χ1) is 9.11. The first kappa shape index (κ1) is 13.6. The van der Waals surface area contributed by atoms with Crippen molar-refractivity contribution in [1.82, 2.24) is 4.90 Å². The zero-order valence-corrected chi connectivity index (χ0v) is 10.5. The van der Waals surface area contributed by atoms with Gasteiger partial charge in [0, 0.05) is 19.7 Å². The Hall–Kier alpha value is -1.82. The number of likely N-dealkylation sites (tertiary alicyclic amines) is 1. The van der Waals surface area contributed by atoms with E-state index in [4.69, 9.17) is 14.6 Å². The molecule has 6 heteroatoms. The van der Waals surface area contributed by atoms with Crippen molar-refractivity contribution in [2.45, 2.75) is 19.3 Å². The number of carboxylic acid groups (broad SMARTS) is 1. The van der Waals surface area contributed by atoms with E-state index in [1.807, 2.05) is 0 Å². The van der Waals surface area contributed by atoms with Crippen LogP contribution in [-0.2, 0) is 11.2 Å². The van der Waals surface area contributed by atoms with Crippen LogP contribution in [0, 0.1) is 5.92 Å². The summed E-state index contributed by atoms with van der Waals surface area (Å²) in [6.07, 6.45) is 2.59. The van der Waals surface area contributed by atoms with Crippen LogP contribution in [0.2, 0.25) is 0 Å². The number of nitrogens with zero attached hydrogens (tertiary/aromatic N) is 1. The summed E-state index contributed by atoms with van der Waals surface area (Å²) in [5, 5.41) is 17.8. The van der Waals surface area contributed by atoms with Crippen molar-refractivity contribution < 1.29 is 24.2 Å². The molecule has 0 atom stereocenters. The standard InChI is InChI=1S/C13H17NO5/c15-8-9-1-4-14(5-2-9)13(18)10-3-6-19-11(10)7-12(16)17/h3,6,9,15H,1-2,4-5,7-8H2,(H,16,17). The number of rotatable bonds is 4. The Balaban J connectivity index is 2.04. The Morgan fingerprint density at radius 3 is 2.63 bits per heavy atom. The summed E-state index contributed by atoms with van der Waals surface area (Å²) in [6.45, 7) is 1.32. The lowest BCUT2D eigenvalue weighted by atomic mass is 9.97. The number of carbonyl (C=O) groups is 2. The van der Waals surface area contributed by atoms with E-state index in [0.717, 1.165) is 12.8 Å². The van der Waals surface area contributed by atoms with Crippen molar-refractivity contribution in [3.63, 3.8) is 0 Å². The zero-order valence-electron chi connectivity index (χ0n) is 10.5. The number of amides is 1. The van der Waals surface area contributed by atoms with Gasteiger partial charge in [0.15, 0.2) is 0 Å². The van der Waals surface area contributed by atoms with E-state index in [-0.39, 0.29) is 30.6 Å². The van der Waals surface area contributed by atoms with Gasteiger partial charge in [0.05, 0.1) is 11.8 Å². The molecule has 0 spiro atoms. The molecule has 1 aliphatic rings. The van der Waals surface area contributed by atoms with Gasteiger partial charge in [-0.2, -0.15) is 0 Å². The van der Waals surface area contributed by atoms with Gasteiger partial charge in [-0.15, -0.1) is 0 Å². The van der Waals surface area contributed by atoms with Crippen molar-refractivity contribution in [1.29, 1.82) is 0 Å². The Morgan fingerprint density at radius 2 is 2.05 bits per heavy atom. The summed E-state index contributed by atoms with van der Waals surface area (Å²) in [4.78, 5) is 24.6. The average molecular weight is 267 g/mol. The molecule has 1 aromatic rings. The predicted octanol–water partition coefficient (Wildman–Crippen LogP) is 0.751. The maximum Gasteiger partial charge on any atom is 0.311 e. The molecule has 2 heterocycles. The molecule has 2 N–H and O–H groups in total. The second-order valence-electron chi connectivity index (χ2n) is 4.75. The molecular formula is C13H17NO5. The van der Waals surface area contributed by atoms with Crippen molar-refractivity contribution in [3.8, 4) is 0 Å². The summed E-state index contributed by atoms with van der Waals surface area (Å²) in [5.41, 5.74) is 0.324. The Labute approximate surface area is 110 Å². The van der Waals surface area contributed by atoms with E-state index in [1.165, 1.54) is 12.3 Å². The first-order valence-corrected chi connectivity index (χ1v) is 6.30. The molecule has 1 fully saturated rings. The third-order valence-electron chi connectivity index (χ3n) is 3.45. The Bertz CT molecular complexity index is 459. The lowest BCUT2D eigenvalue weighted by molar-refractivity contribution is -0.136. The fourth-order valence-corrected chi connectivity index (χ4v) is 2.29. The lowest BCUT2D eigenvalue weighted by Crippen LogP contribution is -2.39. The molecule has 19 heavy (non-hydrogen) atoms. The third kappa shape index (κ3) is 3.14. The minimum atomic E-state index is -1.03. The number of hydrogen-bond acceptors (Lipinski definition) is 4. The molecule has 0 saturated carbocycles. The van der Waals surface area contributed by atoms with Gasteiger partial charge in [0.1, 0.15) is 12.2 Å². The lowest BCUT2D eigenvalue weighted by Gasteiger charge is -2.31. The Morgan fingerprint density at radius 1 is 1.37 bits per heavy atom. The highest BCUT2D eigenvalue weighted by molar-refractivity contribution is 5.96. The highest BCUT2D eigenvalue weighted by Crippen LogP contribution is 2.20. The third-order valence-corrected chi connectivity index (χ3v) is 3.45. The molecule has 1 amide bonds. The van der Waals surface area contributed by atoms with Crippen LogP contribution >= 0.6 is 0 Å². The summed E-state index contributed by atoms with van der Waals surface area (Å²) in [7, 11) is 0. The normalized spacial score (nSPS) is 16.6.